The molecule has 2 saturated carbocycles. The fourth-order valence-electron chi connectivity index (χ4n) is 7.29. The first-order chi connectivity index (χ1) is 22.0. The number of allylic oxidation sites excluding steroid dienone is 2. The topological polar surface area (TPSA) is 124 Å². The van der Waals surface area contributed by atoms with E-state index in [0.717, 1.165) is 35.9 Å². The Bertz CT molecular complexity index is 1690. The Labute approximate surface area is 269 Å². The molecule has 1 aromatic carbocycles. The minimum absolute atomic E-state index is 0.0684. The molecule has 1 aliphatic heterocycles. The predicted molar refractivity (Wildman–Crippen MR) is 173 cm³/mol. The number of Topliss-reactive ketones (excluding diaryl/α,β-unsaturated/α-hetero) is 1. The van der Waals surface area contributed by atoms with E-state index in [9.17, 15) is 19.5 Å². The van der Waals surface area contributed by atoms with Gasteiger partial charge in [-0.2, -0.15) is 5.10 Å². The summed E-state index contributed by atoms with van der Waals surface area (Å²) in [5.74, 6) is -0.375. The fourth-order valence-corrected chi connectivity index (χ4v) is 7.29. The number of aryl methyl sites for hydroxylation is 1. The number of benzene rings is 1. The van der Waals surface area contributed by atoms with Crippen LogP contribution in [0.5, 0.6) is 11.5 Å². The molecule has 0 saturated heterocycles. The highest BCUT2D eigenvalue weighted by Gasteiger charge is 2.61. The van der Waals surface area contributed by atoms with Gasteiger partial charge in [0.05, 0.1) is 29.7 Å². The monoisotopic (exact) mass is 628 g/mol. The van der Waals surface area contributed by atoms with Crippen molar-refractivity contribution in [2.45, 2.75) is 77.7 Å². The number of aromatic nitrogens is 3. The molecule has 2 aliphatic carbocycles. The highest BCUT2D eigenvalue weighted by molar-refractivity contribution is 5.94. The van der Waals surface area contributed by atoms with Crippen molar-refractivity contribution in [3.05, 3.63) is 53.9 Å². The standard InChI is InChI=1S/C36H44N4O6/c1-21(2)28-13-15-40(38-28)32-18-31(25-11-12-30(45-5)22(3)33(25)37-32)46-24-16-26-27(17-24)34(42)39(4)14-9-7-6-8-10-23-19-36(23,35(43)44)20-29(26)41/h8,10-13,15,18,21,23-24,26-27H,6-7,9,14,16-17,19-20H2,1-5H3,(H,43,44)/b10-8-/t23-,24+,26+,27+,36+/m0/s1. The van der Waals surface area contributed by atoms with Crippen LogP contribution in [0.15, 0.2) is 42.6 Å². The number of ether oxygens (including phenoxy) is 2. The molecule has 2 fully saturated rings. The second kappa shape index (κ2) is 12.5. The largest absolute Gasteiger partial charge is 0.496 e. The average molecular weight is 629 g/mol. The van der Waals surface area contributed by atoms with Gasteiger partial charge in [-0.25, -0.2) is 9.67 Å². The number of aliphatic carboxylic acids is 1. The van der Waals surface area contributed by atoms with E-state index in [4.69, 9.17) is 19.6 Å². The van der Waals surface area contributed by atoms with Crippen molar-refractivity contribution in [1.29, 1.82) is 0 Å². The van der Waals surface area contributed by atoms with Gasteiger partial charge < -0.3 is 19.5 Å². The molecular formula is C36H44N4O6. The molecule has 3 aromatic rings. The Morgan fingerprint density at radius 3 is 2.61 bits per heavy atom. The Balaban J connectivity index is 1.35. The van der Waals surface area contributed by atoms with Crippen LogP contribution in [0.4, 0.5) is 0 Å². The lowest BCUT2D eigenvalue weighted by Gasteiger charge is -2.25. The third kappa shape index (κ3) is 5.89. The van der Waals surface area contributed by atoms with E-state index >= 15 is 0 Å². The van der Waals surface area contributed by atoms with Crippen LogP contribution in [0.2, 0.25) is 0 Å². The van der Waals surface area contributed by atoms with Crippen molar-refractivity contribution in [3.63, 3.8) is 0 Å². The van der Waals surface area contributed by atoms with Gasteiger partial charge in [0.25, 0.3) is 0 Å². The molecule has 0 unspecified atom stereocenters. The zero-order valence-electron chi connectivity index (χ0n) is 27.4. The molecule has 1 N–H and O–H groups in total. The van der Waals surface area contributed by atoms with E-state index in [1.807, 2.05) is 49.5 Å². The summed E-state index contributed by atoms with van der Waals surface area (Å²) in [6.07, 6.45) is 9.15. The number of fused-ring (bicyclic) bond motifs is 3. The number of carbonyl (C=O) groups excluding carboxylic acids is 2. The summed E-state index contributed by atoms with van der Waals surface area (Å²) >= 11 is 0. The predicted octanol–water partition coefficient (Wildman–Crippen LogP) is 5.88. The molecular weight excluding hydrogens is 584 g/mol. The van der Waals surface area contributed by atoms with Crippen molar-refractivity contribution >= 4 is 28.6 Å². The number of amides is 1. The minimum atomic E-state index is -1.08. The van der Waals surface area contributed by atoms with E-state index in [2.05, 4.69) is 13.8 Å². The molecule has 5 atom stereocenters. The highest BCUT2D eigenvalue weighted by atomic mass is 16.5. The fraction of sp³-hybridized carbons (Fsp3) is 0.528. The third-order valence-corrected chi connectivity index (χ3v) is 10.2. The van der Waals surface area contributed by atoms with E-state index in [1.165, 1.54) is 0 Å². The van der Waals surface area contributed by atoms with E-state index in [1.54, 1.807) is 23.7 Å². The molecule has 10 heteroatoms. The normalized spacial score (nSPS) is 27.7. The molecule has 0 spiro atoms. The molecule has 0 bridgehead atoms. The summed E-state index contributed by atoms with van der Waals surface area (Å²) in [6, 6.07) is 7.64. The zero-order valence-corrected chi connectivity index (χ0v) is 27.4. The average Bonchev–Trinajstić information content (AvgIpc) is 3.33. The van der Waals surface area contributed by atoms with Crippen LogP contribution in [0.3, 0.4) is 0 Å². The van der Waals surface area contributed by atoms with Gasteiger partial charge in [0.2, 0.25) is 5.91 Å². The Kier molecular flexibility index (Phi) is 8.65. The first-order valence-corrected chi connectivity index (χ1v) is 16.4. The van der Waals surface area contributed by atoms with Gasteiger partial charge >= 0.3 is 5.97 Å². The van der Waals surface area contributed by atoms with Crippen LogP contribution >= 0.6 is 0 Å². The van der Waals surface area contributed by atoms with E-state index < -0.39 is 29.3 Å². The molecule has 244 valence electrons. The number of ketones is 1. The summed E-state index contributed by atoms with van der Waals surface area (Å²) in [6.45, 7) is 6.74. The van der Waals surface area contributed by atoms with Gasteiger partial charge in [-0.05, 0) is 75.5 Å². The Morgan fingerprint density at radius 2 is 1.89 bits per heavy atom. The Hall–Kier alpha value is -4.21. The van der Waals surface area contributed by atoms with Crippen LogP contribution in [-0.2, 0) is 14.4 Å². The lowest BCUT2D eigenvalue weighted by Crippen LogP contribution is -2.38. The number of carboxylic acid groups (broad SMARTS) is 1. The summed E-state index contributed by atoms with van der Waals surface area (Å²) in [5.41, 5.74) is 1.44. The first-order valence-electron chi connectivity index (χ1n) is 16.4. The minimum Gasteiger partial charge on any atom is -0.496 e. The van der Waals surface area contributed by atoms with Crippen molar-refractivity contribution in [3.8, 4) is 17.3 Å². The smallest absolute Gasteiger partial charge is 0.310 e. The van der Waals surface area contributed by atoms with Gasteiger partial charge in [-0.15, -0.1) is 0 Å². The maximum atomic E-state index is 13.9. The number of nitrogens with zero attached hydrogens (tertiary/aromatic N) is 4. The molecule has 2 aromatic heterocycles. The number of methoxy groups -OCH3 is 1. The van der Waals surface area contributed by atoms with Gasteiger partial charge in [-0.3, -0.25) is 14.4 Å². The van der Waals surface area contributed by atoms with Crippen LogP contribution in [0.1, 0.15) is 76.0 Å². The van der Waals surface area contributed by atoms with Crippen molar-refractivity contribution in [2.24, 2.45) is 23.2 Å². The van der Waals surface area contributed by atoms with Crippen LogP contribution < -0.4 is 9.47 Å². The molecule has 46 heavy (non-hydrogen) atoms. The molecule has 6 rings (SSSR count). The lowest BCUT2D eigenvalue weighted by molar-refractivity contribution is -0.147. The van der Waals surface area contributed by atoms with E-state index in [-0.39, 0.29) is 29.9 Å². The second-order valence-corrected chi connectivity index (χ2v) is 13.6. The zero-order chi connectivity index (χ0) is 32.7. The molecule has 10 nitrogen and oxygen atoms in total. The number of carboxylic acids is 1. The maximum absolute atomic E-state index is 13.9. The first kappa shape index (κ1) is 31.8. The molecule has 3 heterocycles. The Morgan fingerprint density at radius 1 is 1.11 bits per heavy atom. The number of hydrogen-bond acceptors (Lipinski definition) is 7. The quantitative estimate of drug-likeness (QED) is 0.336. The van der Waals surface area contributed by atoms with Gasteiger partial charge in [0.1, 0.15) is 23.4 Å². The molecule has 1 amide bonds. The SMILES string of the molecule is COc1ccc2c(O[C@@H]3C[C@H]4C(=O)C[C@]5(C(=O)O)C[C@@H]5/C=C\CCCCN(C)C(=O)[C@@H]4C3)cc(-n3ccc(C(C)C)n3)nc2c1C. The number of carbonyl (C=O) groups is 3. The van der Waals surface area contributed by atoms with Crippen LogP contribution in [0.25, 0.3) is 16.7 Å². The number of pyridine rings is 1. The van der Waals surface area contributed by atoms with Crippen molar-refractivity contribution in [2.75, 3.05) is 20.7 Å². The van der Waals surface area contributed by atoms with Crippen molar-refractivity contribution < 1.29 is 29.0 Å². The summed E-state index contributed by atoms with van der Waals surface area (Å²) in [4.78, 5) is 46.8. The van der Waals surface area contributed by atoms with Crippen molar-refractivity contribution in [1.82, 2.24) is 19.7 Å². The number of rotatable bonds is 6. The highest BCUT2D eigenvalue weighted by Crippen LogP contribution is 2.57. The second-order valence-electron chi connectivity index (χ2n) is 13.6. The summed E-state index contributed by atoms with van der Waals surface area (Å²) < 4.78 is 14.1. The van der Waals surface area contributed by atoms with E-state index in [0.29, 0.717) is 48.6 Å². The van der Waals surface area contributed by atoms with Gasteiger partial charge in [0, 0.05) is 49.1 Å². The van der Waals surface area contributed by atoms with Gasteiger partial charge in [0.15, 0.2) is 5.82 Å². The number of hydrogen-bond donors (Lipinski definition) is 1. The molecule has 3 aliphatic rings. The van der Waals surface area contributed by atoms with Crippen LogP contribution in [0, 0.1) is 30.1 Å². The molecule has 0 radical (unpaired) electrons. The maximum Gasteiger partial charge on any atom is 0.310 e. The van der Waals surface area contributed by atoms with Crippen LogP contribution in [-0.4, -0.2) is 69.2 Å². The third-order valence-electron chi connectivity index (χ3n) is 10.2. The summed E-state index contributed by atoms with van der Waals surface area (Å²) in [7, 11) is 3.42. The summed E-state index contributed by atoms with van der Waals surface area (Å²) in [5, 5.41) is 15.7. The van der Waals surface area contributed by atoms with Gasteiger partial charge in [-0.1, -0.05) is 26.0 Å². The lowest BCUT2D eigenvalue weighted by atomic mass is 9.84.